The van der Waals surface area contributed by atoms with Crippen LogP contribution in [0.2, 0.25) is 5.02 Å². The summed E-state index contributed by atoms with van der Waals surface area (Å²) in [5, 5.41) is 11.0. The van der Waals surface area contributed by atoms with Gasteiger partial charge in [0.2, 0.25) is 0 Å². The maximum absolute atomic E-state index is 12.1. The van der Waals surface area contributed by atoms with Crippen LogP contribution in [0.25, 0.3) is 10.8 Å². The van der Waals surface area contributed by atoms with E-state index in [9.17, 15) is 9.59 Å². The molecule has 0 aliphatic carbocycles. The van der Waals surface area contributed by atoms with E-state index in [1.165, 1.54) is 0 Å². The minimum Gasteiger partial charge on any atom is -0.346 e. The predicted molar refractivity (Wildman–Crippen MR) is 85.0 cm³/mol. The van der Waals surface area contributed by atoms with E-state index in [0.29, 0.717) is 21.7 Å². The third kappa shape index (κ3) is 2.84. The van der Waals surface area contributed by atoms with Crippen LogP contribution in [0.4, 0.5) is 0 Å². The van der Waals surface area contributed by atoms with Crippen molar-refractivity contribution in [2.45, 2.75) is 6.54 Å². The minimum absolute atomic E-state index is 0.211. The normalized spacial score (nSPS) is 10.6. The number of amides is 1. The van der Waals surface area contributed by atoms with Gasteiger partial charge in [-0.25, -0.2) is 5.10 Å². The molecule has 0 spiro atoms. The van der Waals surface area contributed by atoms with E-state index in [-0.39, 0.29) is 18.0 Å². The molecule has 2 aromatic carbocycles. The fourth-order valence-corrected chi connectivity index (χ4v) is 2.39. The summed E-state index contributed by atoms with van der Waals surface area (Å²) >= 11 is 5.87. The van der Waals surface area contributed by atoms with Gasteiger partial charge in [-0.05, 0) is 24.3 Å². The summed E-state index contributed by atoms with van der Waals surface area (Å²) < 4.78 is 0. The first-order valence-electron chi connectivity index (χ1n) is 6.65. The summed E-state index contributed by atoms with van der Waals surface area (Å²) in [5.41, 5.74) is 0.826. The predicted octanol–water partition coefficient (Wildman–Crippen LogP) is 2.51. The van der Waals surface area contributed by atoms with Gasteiger partial charge in [0.25, 0.3) is 11.5 Å². The molecule has 1 aromatic heterocycles. The number of hydrogen-bond acceptors (Lipinski definition) is 3. The Labute approximate surface area is 130 Å². The fraction of sp³-hybridized carbons (Fsp3) is 0.0625. The second-order valence-corrected chi connectivity index (χ2v) is 5.17. The van der Waals surface area contributed by atoms with Crippen molar-refractivity contribution in [3.05, 3.63) is 75.2 Å². The monoisotopic (exact) mass is 313 g/mol. The van der Waals surface area contributed by atoms with Gasteiger partial charge in [0.05, 0.1) is 17.6 Å². The van der Waals surface area contributed by atoms with Crippen molar-refractivity contribution in [2.24, 2.45) is 0 Å². The molecule has 0 bridgehead atoms. The molecule has 0 aliphatic heterocycles. The molecule has 3 aromatic rings. The highest BCUT2D eigenvalue weighted by atomic mass is 35.5. The number of nitrogens with one attached hydrogen (secondary N) is 2. The molecule has 0 saturated heterocycles. The molecule has 22 heavy (non-hydrogen) atoms. The number of H-pyrrole nitrogens is 1. The quantitative estimate of drug-likeness (QED) is 0.780. The molecule has 6 heteroatoms. The Morgan fingerprint density at radius 2 is 1.91 bits per heavy atom. The van der Waals surface area contributed by atoms with Gasteiger partial charge in [-0.3, -0.25) is 9.59 Å². The average molecular weight is 314 g/mol. The number of carbonyl (C=O) groups excluding carboxylic acids is 1. The molecule has 0 fully saturated rings. The number of benzene rings is 2. The van der Waals surface area contributed by atoms with Crippen LogP contribution in [0.5, 0.6) is 0 Å². The van der Waals surface area contributed by atoms with E-state index >= 15 is 0 Å². The van der Waals surface area contributed by atoms with E-state index in [4.69, 9.17) is 11.6 Å². The van der Waals surface area contributed by atoms with Gasteiger partial charge in [-0.2, -0.15) is 5.10 Å². The van der Waals surface area contributed by atoms with Crippen LogP contribution in [0, 0.1) is 0 Å². The first kappa shape index (κ1) is 14.3. The molecule has 0 saturated carbocycles. The van der Waals surface area contributed by atoms with E-state index in [2.05, 4.69) is 15.5 Å². The topological polar surface area (TPSA) is 74.8 Å². The third-order valence-electron chi connectivity index (χ3n) is 3.28. The number of rotatable bonds is 3. The molecule has 5 nitrogen and oxygen atoms in total. The standard InChI is InChI=1S/C16H12ClN3O2/c17-11-5-3-4-10(8-11)15(21)18-9-14-12-6-1-2-7-13(12)16(22)20-19-14/h1-8H,9H2,(H,18,21)(H,20,22). The molecule has 0 radical (unpaired) electrons. The van der Waals surface area contributed by atoms with Crippen LogP contribution in [-0.2, 0) is 6.54 Å². The highest BCUT2D eigenvalue weighted by molar-refractivity contribution is 6.30. The summed E-state index contributed by atoms with van der Waals surface area (Å²) in [5.74, 6) is -0.250. The second kappa shape index (κ2) is 5.99. The Bertz CT molecular complexity index is 905. The van der Waals surface area contributed by atoms with Gasteiger partial charge < -0.3 is 5.32 Å². The van der Waals surface area contributed by atoms with E-state index < -0.39 is 0 Å². The summed E-state index contributed by atoms with van der Waals surface area (Å²) in [7, 11) is 0. The van der Waals surface area contributed by atoms with Crippen molar-refractivity contribution in [3.8, 4) is 0 Å². The van der Waals surface area contributed by atoms with Gasteiger partial charge >= 0.3 is 0 Å². The Morgan fingerprint density at radius 1 is 1.14 bits per heavy atom. The van der Waals surface area contributed by atoms with Crippen molar-refractivity contribution in [2.75, 3.05) is 0 Å². The van der Waals surface area contributed by atoms with Crippen molar-refractivity contribution in [1.82, 2.24) is 15.5 Å². The van der Waals surface area contributed by atoms with Crippen molar-refractivity contribution >= 4 is 28.3 Å². The van der Waals surface area contributed by atoms with Crippen molar-refractivity contribution in [3.63, 3.8) is 0 Å². The highest BCUT2D eigenvalue weighted by Crippen LogP contribution is 2.13. The molecule has 110 valence electrons. The number of aromatic nitrogens is 2. The van der Waals surface area contributed by atoms with Crippen molar-refractivity contribution < 1.29 is 4.79 Å². The Morgan fingerprint density at radius 3 is 2.68 bits per heavy atom. The van der Waals surface area contributed by atoms with Gasteiger partial charge in [0.1, 0.15) is 0 Å². The maximum atomic E-state index is 12.1. The summed E-state index contributed by atoms with van der Waals surface area (Å²) in [6.07, 6.45) is 0. The molecule has 2 N–H and O–H groups in total. The van der Waals surface area contributed by atoms with Gasteiger partial charge in [-0.1, -0.05) is 35.9 Å². The lowest BCUT2D eigenvalue weighted by molar-refractivity contribution is 0.0950. The lowest BCUT2D eigenvalue weighted by Crippen LogP contribution is -2.24. The number of carbonyl (C=O) groups is 1. The zero-order valence-corrected chi connectivity index (χ0v) is 12.2. The number of halogens is 1. The Balaban J connectivity index is 1.84. The summed E-state index contributed by atoms with van der Waals surface area (Å²) in [6, 6.07) is 13.8. The third-order valence-corrected chi connectivity index (χ3v) is 3.51. The first-order chi connectivity index (χ1) is 10.6. The zero-order valence-electron chi connectivity index (χ0n) is 11.5. The van der Waals surface area contributed by atoms with Crippen LogP contribution >= 0.6 is 11.6 Å². The highest BCUT2D eigenvalue weighted by Gasteiger charge is 2.09. The zero-order chi connectivity index (χ0) is 15.5. The average Bonchev–Trinajstić information content (AvgIpc) is 2.54. The minimum atomic E-state index is -0.250. The van der Waals surface area contributed by atoms with Crippen LogP contribution in [0.1, 0.15) is 16.1 Å². The number of fused-ring (bicyclic) bond motifs is 1. The molecular weight excluding hydrogens is 302 g/mol. The van der Waals surface area contributed by atoms with Crippen LogP contribution in [0.15, 0.2) is 53.3 Å². The lowest BCUT2D eigenvalue weighted by atomic mass is 10.1. The molecule has 0 atom stereocenters. The van der Waals surface area contributed by atoms with E-state index in [0.717, 1.165) is 5.39 Å². The second-order valence-electron chi connectivity index (χ2n) is 4.74. The van der Waals surface area contributed by atoms with Gasteiger partial charge in [0, 0.05) is 16.0 Å². The number of nitrogens with zero attached hydrogens (tertiary/aromatic N) is 1. The summed E-state index contributed by atoms with van der Waals surface area (Å²) in [4.78, 5) is 23.8. The fourth-order valence-electron chi connectivity index (χ4n) is 2.20. The smallest absolute Gasteiger partial charge is 0.272 e. The first-order valence-corrected chi connectivity index (χ1v) is 7.03. The SMILES string of the molecule is O=C(NCc1n[nH]c(=O)c2ccccc12)c1cccc(Cl)c1. The molecule has 1 amide bonds. The number of hydrogen-bond donors (Lipinski definition) is 2. The van der Waals surface area contributed by atoms with Gasteiger partial charge in [0.15, 0.2) is 0 Å². The molecule has 1 heterocycles. The lowest BCUT2D eigenvalue weighted by Gasteiger charge is -2.07. The van der Waals surface area contributed by atoms with Crippen LogP contribution in [0.3, 0.4) is 0 Å². The molecular formula is C16H12ClN3O2. The largest absolute Gasteiger partial charge is 0.346 e. The van der Waals surface area contributed by atoms with Gasteiger partial charge in [-0.15, -0.1) is 0 Å². The Kier molecular flexibility index (Phi) is 3.89. The maximum Gasteiger partial charge on any atom is 0.272 e. The van der Waals surface area contributed by atoms with Crippen LogP contribution in [-0.4, -0.2) is 16.1 Å². The van der Waals surface area contributed by atoms with Crippen LogP contribution < -0.4 is 10.9 Å². The summed E-state index contributed by atoms with van der Waals surface area (Å²) in [6.45, 7) is 0.211. The number of aromatic amines is 1. The molecule has 0 aliphatic rings. The van der Waals surface area contributed by atoms with E-state index in [1.54, 1.807) is 42.5 Å². The van der Waals surface area contributed by atoms with Crippen molar-refractivity contribution in [1.29, 1.82) is 0 Å². The molecule has 3 rings (SSSR count). The van der Waals surface area contributed by atoms with E-state index in [1.807, 2.05) is 6.07 Å². The Hall–Kier alpha value is -2.66. The molecule has 0 unspecified atom stereocenters.